The topological polar surface area (TPSA) is 64.7 Å². The summed E-state index contributed by atoms with van der Waals surface area (Å²) in [6.45, 7) is 2.49. The SMILES string of the molecule is CCON=C1CC2CCC(C(N)=O)(C1)C2. The monoisotopic (exact) mass is 210 g/mol. The van der Waals surface area contributed by atoms with Crippen molar-refractivity contribution in [3.05, 3.63) is 0 Å². The summed E-state index contributed by atoms with van der Waals surface area (Å²) in [6, 6.07) is 0. The molecule has 2 saturated carbocycles. The number of hydrogen-bond donors (Lipinski definition) is 1. The van der Waals surface area contributed by atoms with Crippen molar-refractivity contribution in [2.45, 2.75) is 39.0 Å². The first kappa shape index (κ1) is 10.5. The molecule has 0 spiro atoms. The number of oxime groups is 1. The van der Waals surface area contributed by atoms with Crippen LogP contribution < -0.4 is 5.73 Å². The number of rotatable bonds is 3. The minimum Gasteiger partial charge on any atom is -0.396 e. The lowest BCUT2D eigenvalue weighted by Crippen LogP contribution is -2.39. The van der Waals surface area contributed by atoms with Crippen molar-refractivity contribution in [2.75, 3.05) is 6.61 Å². The zero-order valence-corrected chi connectivity index (χ0v) is 9.16. The summed E-state index contributed by atoms with van der Waals surface area (Å²) >= 11 is 0. The Morgan fingerprint density at radius 3 is 3.20 bits per heavy atom. The normalized spacial score (nSPS) is 36.9. The molecule has 2 unspecified atom stereocenters. The number of nitrogens with zero attached hydrogens (tertiary/aromatic N) is 1. The van der Waals surface area contributed by atoms with Gasteiger partial charge in [-0.05, 0) is 38.5 Å². The quantitative estimate of drug-likeness (QED) is 0.716. The number of primary amides is 1. The molecule has 0 aromatic rings. The fraction of sp³-hybridized carbons (Fsp3) is 0.818. The van der Waals surface area contributed by atoms with E-state index in [-0.39, 0.29) is 11.3 Å². The van der Waals surface area contributed by atoms with Crippen molar-refractivity contribution < 1.29 is 9.63 Å². The predicted octanol–water partition coefficient (Wildman–Crippen LogP) is 1.44. The van der Waals surface area contributed by atoms with E-state index in [9.17, 15) is 4.79 Å². The average Bonchev–Trinajstić information content (AvgIpc) is 2.53. The molecule has 0 aliphatic heterocycles. The molecule has 4 nitrogen and oxygen atoms in total. The highest BCUT2D eigenvalue weighted by atomic mass is 16.6. The molecule has 4 heteroatoms. The second-order valence-electron chi connectivity index (χ2n) is 4.71. The van der Waals surface area contributed by atoms with Gasteiger partial charge in [-0.1, -0.05) is 5.16 Å². The smallest absolute Gasteiger partial charge is 0.224 e. The maximum Gasteiger partial charge on any atom is 0.224 e. The number of nitrogens with two attached hydrogens (primary N) is 1. The fourth-order valence-electron chi connectivity index (χ4n) is 2.90. The second-order valence-corrected chi connectivity index (χ2v) is 4.71. The highest BCUT2D eigenvalue weighted by Gasteiger charge is 2.48. The van der Waals surface area contributed by atoms with Gasteiger partial charge in [-0.3, -0.25) is 4.79 Å². The van der Waals surface area contributed by atoms with Gasteiger partial charge in [0.1, 0.15) is 6.61 Å². The molecule has 2 N–H and O–H groups in total. The number of hydrogen-bond acceptors (Lipinski definition) is 3. The first-order valence-corrected chi connectivity index (χ1v) is 5.64. The molecular weight excluding hydrogens is 192 g/mol. The summed E-state index contributed by atoms with van der Waals surface area (Å²) in [7, 11) is 0. The van der Waals surface area contributed by atoms with Gasteiger partial charge < -0.3 is 10.6 Å². The summed E-state index contributed by atoms with van der Waals surface area (Å²) < 4.78 is 0. The third-order valence-electron chi connectivity index (χ3n) is 3.62. The van der Waals surface area contributed by atoms with Crippen LogP contribution >= 0.6 is 0 Å². The molecule has 84 valence electrons. The number of fused-ring (bicyclic) bond motifs is 2. The average molecular weight is 210 g/mol. The Hall–Kier alpha value is -1.06. The minimum absolute atomic E-state index is 0.158. The van der Waals surface area contributed by atoms with Gasteiger partial charge in [0.25, 0.3) is 0 Å². The Morgan fingerprint density at radius 1 is 1.73 bits per heavy atom. The lowest BCUT2D eigenvalue weighted by Gasteiger charge is -2.30. The van der Waals surface area contributed by atoms with Gasteiger partial charge in [-0.15, -0.1) is 0 Å². The lowest BCUT2D eigenvalue weighted by atomic mass is 9.74. The van der Waals surface area contributed by atoms with Gasteiger partial charge in [-0.2, -0.15) is 0 Å². The van der Waals surface area contributed by atoms with Crippen molar-refractivity contribution >= 4 is 11.6 Å². The van der Waals surface area contributed by atoms with Crippen LogP contribution in [0.25, 0.3) is 0 Å². The lowest BCUT2D eigenvalue weighted by molar-refractivity contribution is -0.127. The van der Waals surface area contributed by atoms with Gasteiger partial charge in [0.15, 0.2) is 0 Å². The minimum atomic E-state index is -0.307. The summed E-state index contributed by atoms with van der Waals surface area (Å²) in [4.78, 5) is 16.5. The van der Waals surface area contributed by atoms with Crippen molar-refractivity contribution in [1.82, 2.24) is 0 Å². The van der Waals surface area contributed by atoms with Crippen LogP contribution in [0.3, 0.4) is 0 Å². The Labute approximate surface area is 89.8 Å². The summed E-state index contributed by atoms with van der Waals surface area (Å²) in [5.41, 5.74) is 6.21. The van der Waals surface area contributed by atoms with E-state index in [1.807, 2.05) is 6.92 Å². The van der Waals surface area contributed by atoms with Gasteiger partial charge >= 0.3 is 0 Å². The molecule has 2 atom stereocenters. The van der Waals surface area contributed by atoms with Crippen molar-refractivity contribution in [2.24, 2.45) is 22.2 Å². The van der Waals surface area contributed by atoms with Crippen LogP contribution in [0, 0.1) is 11.3 Å². The molecule has 0 radical (unpaired) electrons. The third kappa shape index (κ3) is 1.85. The van der Waals surface area contributed by atoms with E-state index in [0.717, 1.165) is 31.4 Å². The molecule has 2 rings (SSSR count). The van der Waals surface area contributed by atoms with Gasteiger partial charge in [0.05, 0.1) is 11.1 Å². The van der Waals surface area contributed by atoms with Crippen molar-refractivity contribution in [1.29, 1.82) is 0 Å². The second kappa shape index (κ2) is 3.83. The first-order chi connectivity index (χ1) is 7.16. The molecule has 2 aliphatic carbocycles. The Kier molecular flexibility index (Phi) is 2.67. The van der Waals surface area contributed by atoms with Gasteiger partial charge in [-0.25, -0.2) is 0 Å². The van der Waals surface area contributed by atoms with Gasteiger partial charge in [0, 0.05) is 6.42 Å². The van der Waals surface area contributed by atoms with E-state index >= 15 is 0 Å². The highest BCUT2D eigenvalue weighted by molar-refractivity contribution is 5.93. The molecule has 0 aromatic carbocycles. The number of carbonyl (C=O) groups excluding carboxylic acids is 1. The van der Waals surface area contributed by atoms with E-state index in [1.54, 1.807) is 0 Å². The predicted molar refractivity (Wildman–Crippen MR) is 57.3 cm³/mol. The van der Waals surface area contributed by atoms with Crippen LogP contribution in [0.1, 0.15) is 39.0 Å². The maximum atomic E-state index is 11.5. The number of amides is 1. The summed E-state index contributed by atoms with van der Waals surface area (Å²) in [5.74, 6) is 0.430. The van der Waals surface area contributed by atoms with Gasteiger partial charge in [0.2, 0.25) is 5.91 Å². The molecule has 0 aromatic heterocycles. The molecule has 2 fully saturated rings. The molecule has 0 heterocycles. The van der Waals surface area contributed by atoms with Crippen molar-refractivity contribution in [3.8, 4) is 0 Å². The molecule has 2 aliphatic rings. The number of carbonyl (C=O) groups is 1. The fourth-order valence-corrected chi connectivity index (χ4v) is 2.90. The maximum absolute atomic E-state index is 11.5. The van der Waals surface area contributed by atoms with Crippen LogP contribution in [0.5, 0.6) is 0 Å². The van der Waals surface area contributed by atoms with Crippen LogP contribution in [0.4, 0.5) is 0 Å². The molecule has 2 bridgehead atoms. The van der Waals surface area contributed by atoms with Crippen LogP contribution in [-0.2, 0) is 9.63 Å². The van der Waals surface area contributed by atoms with Crippen molar-refractivity contribution in [3.63, 3.8) is 0 Å². The largest absolute Gasteiger partial charge is 0.396 e. The van der Waals surface area contributed by atoms with Crippen LogP contribution in [0.15, 0.2) is 5.16 Å². The third-order valence-corrected chi connectivity index (χ3v) is 3.62. The van der Waals surface area contributed by atoms with E-state index in [1.165, 1.54) is 0 Å². The molecule has 15 heavy (non-hydrogen) atoms. The zero-order valence-electron chi connectivity index (χ0n) is 9.16. The molecule has 0 saturated heterocycles. The van der Waals surface area contributed by atoms with E-state index in [4.69, 9.17) is 10.6 Å². The molecular formula is C11H18N2O2. The zero-order chi connectivity index (χ0) is 10.9. The Bertz CT molecular complexity index is 301. The first-order valence-electron chi connectivity index (χ1n) is 5.64. The summed E-state index contributed by atoms with van der Waals surface area (Å²) in [5, 5.41) is 4.08. The Morgan fingerprint density at radius 2 is 2.53 bits per heavy atom. The van der Waals surface area contributed by atoms with Crippen LogP contribution in [0.2, 0.25) is 0 Å². The standard InChI is InChI=1S/C11H18N2O2/c1-2-15-13-9-5-8-3-4-11(6-8,7-9)10(12)14/h8H,2-7H2,1H3,(H2,12,14). The Balaban J connectivity index is 2.13. The van der Waals surface area contributed by atoms with E-state index < -0.39 is 0 Å². The summed E-state index contributed by atoms with van der Waals surface area (Å²) in [6.07, 6.45) is 4.67. The van der Waals surface area contributed by atoms with E-state index in [0.29, 0.717) is 18.9 Å². The van der Waals surface area contributed by atoms with E-state index in [2.05, 4.69) is 5.16 Å². The van der Waals surface area contributed by atoms with Crippen LogP contribution in [-0.4, -0.2) is 18.2 Å². The highest BCUT2D eigenvalue weighted by Crippen LogP contribution is 2.50. The molecule has 1 amide bonds.